The standard InChI is InChI=1S/C20H28ClNO4/c1-20(2,3)26-19(24)22-17-7-5-6-13(17)8-9-14-12-15(21)10-11-16(14)18(23)25-4/h10-13,17H,5-9H2,1-4H3,(H,22,24). The van der Waals surface area contributed by atoms with Crippen molar-refractivity contribution in [3.05, 3.63) is 34.3 Å². The van der Waals surface area contributed by atoms with Crippen LogP contribution in [0.4, 0.5) is 4.79 Å². The molecule has 2 unspecified atom stereocenters. The summed E-state index contributed by atoms with van der Waals surface area (Å²) in [5, 5.41) is 3.60. The second kappa shape index (κ2) is 8.76. The van der Waals surface area contributed by atoms with Crippen LogP contribution in [0.3, 0.4) is 0 Å². The highest BCUT2D eigenvalue weighted by molar-refractivity contribution is 6.30. The highest BCUT2D eigenvalue weighted by Crippen LogP contribution is 2.31. The Balaban J connectivity index is 1.99. The Morgan fingerprint density at radius 2 is 2.00 bits per heavy atom. The lowest BCUT2D eigenvalue weighted by Crippen LogP contribution is -2.41. The molecule has 0 spiro atoms. The second-order valence-electron chi connectivity index (χ2n) is 7.78. The molecule has 0 aliphatic heterocycles. The van der Waals surface area contributed by atoms with Gasteiger partial charge in [0.25, 0.3) is 0 Å². The lowest BCUT2D eigenvalue weighted by atomic mass is 9.93. The van der Waals surface area contributed by atoms with Gasteiger partial charge in [-0.05, 0) is 76.1 Å². The predicted molar refractivity (Wildman–Crippen MR) is 102 cm³/mol. The van der Waals surface area contributed by atoms with Crippen LogP contribution in [0.15, 0.2) is 18.2 Å². The summed E-state index contributed by atoms with van der Waals surface area (Å²) in [6.45, 7) is 5.56. The van der Waals surface area contributed by atoms with E-state index in [9.17, 15) is 9.59 Å². The molecule has 1 aromatic rings. The third-order valence-electron chi connectivity index (χ3n) is 4.62. The van der Waals surface area contributed by atoms with Crippen LogP contribution < -0.4 is 5.32 Å². The minimum absolute atomic E-state index is 0.102. The van der Waals surface area contributed by atoms with Gasteiger partial charge in [0.05, 0.1) is 12.7 Å². The molecule has 1 amide bonds. The Morgan fingerprint density at radius 1 is 1.27 bits per heavy atom. The first-order chi connectivity index (χ1) is 12.2. The molecule has 1 aliphatic rings. The van der Waals surface area contributed by atoms with Crippen LogP contribution >= 0.6 is 11.6 Å². The molecular formula is C20H28ClNO4. The van der Waals surface area contributed by atoms with E-state index in [0.29, 0.717) is 22.9 Å². The number of hydrogen-bond acceptors (Lipinski definition) is 4. The van der Waals surface area contributed by atoms with Gasteiger partial charge in [-0.25, -0.2) is 9.59 Å². The van der Waals surface area contributed by atoms with E-state index in [-0.39, 0.29) is 18.1 Å². The zero-order chi connectivity index (χ0) is 19.3. The summed E-state index contributed by atoms with van der Waals surface area (Å²) in [4.78, 5) is 24.0. The maximum absolute atomic E-state index is 12.0. The zero-order valence-corrected chi connectivity index (χ0v) is 16.7. The van der Waals surface area contributed by atoms with Crippen LogP contribution in [0.5, 0.6) is 0 Å². The van der Waals surface area contributed by atoms with Gasteiger partial charge in [0.2, 0.25) is 0 Å². The van der Waals surface area contributed by atoms with Gasteiger partial charge in [-0.2, -0.15) is 0 Å². The number of alkyl carbamates (subject to hydrolysis) is 1. The van der Waals surface area contributed by atoms with Crippen molar-refractivity contribution in [2.24, 2.45) is 5.92 Å². The Morgan fingerprint density at radius 3 is 2.65 bits per heavy atom. The Bertz CT molecular complexity index is 654. The van der Waals surface area contributed by atoms with E-state index in [1.54, 1.807) is 12.1 Å². The normalized spacial score (nSPS) is 19.9. The van der Waals surface area contributed by atoms with Crippen LogP contribution in [0.25, 0.3) is 0 Å². The number of carbonyl (C=O) groups is 2. The molecule has 26 heavy (non-hydrogen) atoms. The summed E-state index contributed by atoms with van der Waals surface area (Å²) >= 11 is 6.09. The summed E-state index contributed by atoms with van der Waals surface area (Å²) in [5.41, 5.74) is 0.924. The zero-order valence-electron chi connectivity index (χ0n) is 15.9. The van der Waals surface area contributed by atoms with E-state index < -0.39 is 5.60 Å². The van der Waals surface area contributed by atoms with Gasteiger partial charge in [-0.1, -0.05) is 18.0 Å². The minimum Gasteiger partial charge on any atom is -0.465 e. The highest BCUT2D eigenvalue weighted by atomic mass is 35.5. The molecule has 2 rings (SSSR count). The summed E-state index contributed by atoms with van der Waals surface area (Å²) in [6.07, 6.45) is 4.28. The molecule has 0 heterocycles. The summed E-state index contributed by atoms with van der Waals surface area (Å²) < 4.78 is 10.2. The van der Waals surface area contributed by atoms with Gasteiger partial charge in [-0.15, -0.1) is 0 Å². The number of amides is 1. The number of nitrogens with one attached hydrogen (secondary N) is 1. The van der Waals surface area contributed by atoms with Crippen molar-refractivity contribution in [3.63, 3.8) is 0 Å². The molecule has 6 heteroatoms. The first kappa shape index (κ1) is 20.6. The van der Waals surface area contributed by atoms with Gasteiger partial charge in [0.1, 0.15) is 5.60 Å². The molecule has 1 aromatic carbocycles. The minimum atomic E-state index is -0.506. The summed E-state index contributed by atoms with van der Waals surface area (Å²) in [7, 11) is 1.37. The van der Waals surface area contributed by atoms with Gasteiger partial charge in [-0.3, -0.25) is 0 Å². The number of benzene rings is 1. The average Bonchev–Trinajstić information content (AvgIpc) is 2.97. The molecule has 1 N–H and O–H groups in total. The molecule has 1 aliphatic carbocycles. The van der Waals surface area contributed by atoms with Crippen molar-refractivity contribution in [1.82, 2.24) is 5.32 Å². The number of carbonyl (C=O) groups excluding carboxylic acids is 2. The topological polar surface area (TPSA) is 64.6 Å². The quantitative estimate of drug-likeness (QED) is 0.747. The van der Waals surface area contributed by atoms with Gasteiger partial charge in [0.15, 0.2) is 0 Å². The number of aryl methyl sites for hydroxylation is 1. The van der Waals surface area contributed by atoms with E-state index in [0.717, 1.165) is 31.2 Å². The maximum atomic E-state index is 12.0. The number of rotatable bonds is 5. The van der Waals surface area contributed by atoms with Crippen LogP contribution in [-0.2, 0) is 15.9 Å². The van der Waals surface area contributed by atoms with E-state index in [1.165, 1.54) is 7.11 Å². The third-order valence-corrected chi connectivity index (χ3v) is 4.85. The van der Waals surface area contributed by atoms with E-state index in [1.807, 2.05) is 26.8 Å². The molecule has 0 radical (unpaired) electrons. The molecular weight excluding hydrogens is 354 g/mol. The molecule has 1 fully saturated rings. The van der Waals surface area contributed by atoms with Crippen molar-refractivity contribution >= 4 is 23.7 Å². The third kappa shape index (κ3) is 5.90. The fourth-order valence-electron chi connectivity index (χ4n) is 3.45. The monoisotopic (exact) mass is 381 g/mol. The first-order valence-corrected chi connectivity index (χ1v) is 9.43. The van der Waals surface area contributed by atoms with E-state index >= 15 is 0 Å². The summed E-state index contributed by atoms with van der Waals surface area (Å²) in [6, 6.07) is 5.32. The number of ether oxygens (including phenoxy) is 2. The Kier molecular flexibility index (Phi) is 6.93. The summed E-state index contributed by atoms with van der Waals surface area (Å²) in [5.74, 6) is -0.00137. The van der Waals surface area contributed by atoms with Gasteiger partial charge < -0.3 is 14.8 Å². The highest BCUT2D eigenvalue weighted by Gasteiger charge is 2.30. The fourth-order valence-corrected chi connectivity index (χ4v) is 3.65. The molecule has 5 nitrogen and oxygen atoms in total. The van der Waals surface area contributed by atoms with Crippen LogP contribution in [0, 0.1) is 5.92 Å². The van der Waals surface area contributed by atoms with Gasteiger partial charge in [0, 0.05) is 11.1 Å². The SMILES string of the molecule is COC(=O)c1ccc(Cl)cc1CCC1CCCC1NC(=O)OC(C)(C)C. The Labute approximate surface area is 160 Å². The molecule has 0 saturated heterocycles. The molecule has 1 saturated carbocycles. The van der Waals surface area contributed by atoms with E-state index in [2.05, 4.69) is 5.32 Å². The average molecular weight is 382 g/mol. The molecule has 0 bridgehead atoms. The van der Waals surface area contributed by atoms with Crippen LogP contribution in [-0.4, -0.2) is 30.8 Å². The molecule has 0 aromatic heterocycles. The van der Waals surface area contributed by atoms with Crippen molar-refractivity contribution in [1.29, 1.82) is 0 Å². The van der Waals surface area contributed by atoms with Crippen molar-refractivity contribution in [2.45, 2.75) is 64.5 Å². The molecule has 2 atom stereocenters. The van der Waals surface area contributed by atoms with Crippen molar-refractivity contribution in [3.8, 4) is 0 Å². The largest absolute Gasteiger partial charge is 0.465 e. The lowest BCUT2D eigenvalue weighted by molar-refractivity contribution is 0.0491. The fraction of sp³-hybridized carbons (Fsp3) is 0.600. The van der Waals surface area contributed by atoms with E-state index in [4.69, 9.17) is 21.1 Å². The van der Waals surface area contributed by atoms with Crippen molar-refractivity contribution in [2.75, 3.05) is 7.11 Å². The maximum Gasteiger partial charge on any atom is 0.407 e. The number of halogens is 1. The smallest absolute Gasteiger partial charge is 0.407 e. The van der Waals surface area contributed by atoms with Crippen LogP contribution in [0.1, 0.15) is 62.4 Å². The van der Waals surface area contributed by atoms with Crippen molar-refractivity contribution < 1.29 is 19.1 Å². The number of hydrogen-bond donors (Lipinski definition) is 1. The predicted octanol–water partition coefficient (Wildman–Crippen LogP) is 4.75. The Hall–Kier alpha value is -1.75. The van der Waals surface area contributed by atoms with Gasteiger partial charge >= 0.3 is 12.1 Å². The van der Waals surface area contributed by atoms with Crippen LogP contribution in [0.2, 0.25) is 5.02 Å². The second-order valence-corrected chi connectivity index (χ2v) is 8.21. The number of esters is 1. The lowest BCUT2D eigenvalue weighted by Gasteiger charge is -2.25. The first-order valence-electron chi connectivity index (χ1n) is 9.06. The molecule has 144 valence electrons. The number of methoxy groups -OCH3 is 1.